The van der Waals surface area contributed by atoms with Gasteiger partial charge in [-0.05, 0) is 87.0 Å². The highest BCUT2D eigenvalue weighted by atomic mass is 35.5. The molecule has 3 heterocycles. The fourth-order valence-electron chi connectivity index (χ4n) is 5.16. The fourth-order valence-corrected chi connectivity index (χ4v) is 5.35. The predicted octanol–water partition coefficient (Wildman–Crippen LogP) is 1.49. The number of hydrogen-bond acceptors (Lipinski definition) is 10. The Morgan fingerprint density at radius 3 is 1.95 bits per heavy atom. The third-order valence-electron chi connectivity index (χ3n) is 7.64. The maximum Gasteiger partial charge on any atom is 0.320 e. The molecular formula is C31H43ClN2O10. The number of aliphatic hydroxyl groups excluding tert-OH is 4. The molecule has 13 heteroatoms. The van der Waals surface area contributed by atoms with Crippen molar-refractivity contribution < 1.29 is 49.7 Å². The first kappa shape index (κ1) is 35.7. The van der Waals surface area contributed by atoms with Crippen LogP contribution in [-0.2, 0) is 20.7 Å². The standard InChI is InChI=1S/C21H25ClO6.2C5H9NO2/c1-2-27-15-6-3-12(4-7-15)9-14-10-13(5-8-16(14)22)21-20(26)19(25)18(24)17(11-23)28-21;2*7-5(8)4-2-1-3-6-4/h3-8,10,17-21,23-26H,2,9,11H2,1H3;2*4,6H,1-3H2,(H,7,8)/t17-,18-,19+,20-,21+;2*4-/m100/s1. The van der Waals surface area contributed by atoms with E-state index < -0.39 is 49.1 Å². The summed E-state index contributed by atoms with van der Waals surface area (Å²) in [4.78, 5) is 20.3. The van der Waals surface area contributed by atoms with E-state index in [9.17, 15) is 30.0 Å². The molecular weight excluding hydrogens is 596 g/mol. The van der Waals surface area contributed by atoms with E-state index in [2.05, 4.69) is 10.6 Å². The number of halogens is 1. The molecule has 0 radical (unpaired) electrons. The van der Waals surface area contributed by atoms with E-state index >= 15 is 0 Å². The predicted molar refractivity (Wildman–Crippen MR) is 162 cm³/mol. The molecule has 0 amide bonds. The zero-order valence-electron chi connectivity index (χ0n) is 24.6. The number of hydrogen-bond donors (Lipinski definition) is 8. The summed E-state index contributed by atoms with van der Waals surface area (Å²) in [6, 6.07) is 12.4. The van der Waals surface area contributed by atoms with Crippen molar-refractivity contribution in [1.82, 2.24) is 10.6 Å². The number of carbonyl (C=O) groups is 2. The molecule has 3 aliphatic rings. The van der Waals surface area contributed by atoms with Crippen LogP contribution in [0.3, 0.4) is 0 Å². The molecule has 0 aromatic heterocycles. The summed E-state index contributed by atoms with van der Waals surface area (Å²) in [5.74, 6) is -0.641. The second-order valence-corrected chi connectivity index (χ2v) is 11.2. The Kier molecular flexibility index (Phi) is 14.3. The normalized spacial score (nSPS) is 27.8. The lowest BCUT2D eigenvalue weighted by atomic mass is 9.90. The van der Waals surface area contributed by atoms with Crippen LogP contribution < -0.4 is 15.4 Å². The summed E-state index contributed by atoms with van der Waals surface area (Å²) in [6.07, 6.45) is -1.82. The van der Waals surface area contributed by atoms with Crippen LogP contribution in [0.2, 0.25) is 5.02 Å². The van der Waals surface area contributed by atoms with Gasteiger partial charge in [-0.3, -0.25) is 9.59 Å². The third kappa shape index (κ3) is 10.1. The number of nitrogens with one attached hydrogen (secondary N) is 2. The van der Waals surface area contributed by atoms with Crippen molar-refractivity contribution in [2.24, 2.45) is 0 Å². The van der Waals surface area contributed by atoms with Crippen LogP contribution in [0, 0.1) is 0 Å². The number of rotatable bonds is 8. The lowest BCUT2D eigenvalue weighted by molar-refractivity contribution is -0.231. The quantitative estimate of drug-likeness (QED) is 0.208. The van der Waals surface area contributed by atoms with Gasteiger partial charge in [0.25, 0.3) is 0 Å². The van der Waals surface area contributed by atoms with Gasteiger partial charge in [0, 0.05) is 5.02 Å². The van der Waals surface area contributed by atoms with Crippen molar-refractivity contribution in [1.29, 1.82) is 0 Å². The first-order chi connectivity index (χ1) is 21.0. The maximum absolute atomic E-state index is 10.3. The summed E-state index contributed by atoms with van der Waals surface area (Å²) < 4.78 is 11.1. The van der Waals surface area contributed by atoms with Crippen molar-refractivity contribution >= 4 is 23.5 Å². The average Bonchev–Trinajstić information content (AvgIpc) is 3.75. The lowest BCUT2D eigenvalue weighted by Crippen LogP contribution is -2.55. The van der Waals surface area contributed by atoms with Crippen LogP contribution in [-0.4, -0.2) is 105 Å². The molecule has 0 bridgehead atoms. The van der Waals surface area contributed by atoms with Gasteiger partial charge in [-0.2, -0.15) is 0 Å². The molecule has 5 rings (SSSR count). The van der Waals surface area contributed by atoms with Crippen molar-refractivity contribution in [3.63, 3.8) is 0 Å². The van der Waals surface area contributed by atoms with Crippen molar-refractivity contribution in [3.8, 4) is 5.75 Å². The van der Waals surface area contributed by atoms with Gasteiger partial charge in [-0.15, -0.1) is 0 Å². The average molecular weight is 639 g/mol. The number of carboxylic acids is 2. The largest absolute Gasteiger partial charge is 0.494 e. The van der Waals surface area contributed by atoms with Crippen molar-refractivity contribution in [2.75, 3.05) is 26.3 Å². The van der Waals surface area contributed by atoms with E-state index in [-0.39, 0.29) is 12.1 Å². The van der Waals surface area contributed by atoms with Gasteiger partial charge in [-0.25, -0.2) is 0 Å². The summed E-state index contributed by atoms with van der Waals surface area (Å²) in [5.41, 5.74) is 2.49. The minimum absolute atomic E-state index is 0.269. The van der Waals surface area contributed by atoms with Gasteiger partial charge >= 0.3 is 11.9 Å². The Bertz CT molecular complexity index is 1160. The van der Waals surface area contributed by atoms with Crippen LogP contribution in [0.25, 0.3) is 0 Å². The summed E-state index contributed by atoms with van der Waals surface area (Å²) in [6.45, 7) is 3.78. The fraction of sp³-hybridized carbons (Fsp3) is 0.548. The Labute approximate surface area is 261 Å². The number of carboxylic acid groups (broad SMARTS) is 2. The van der Waals surface area contributed by atoms with Crippen LogP contribution >= 0.6 is 11.6 Å². The molecule has 3 saturated heterocycles. The molecule has 8 N–H and O–H groups in total. The number of benzene rings is 2. The second kappa shape index (κ2) is 17.6. The van der Waals surface area contributed by atoms with Gasteiger partial charge in [0.2, 0.25) is 0 Å². The van der Waals surface area contributed by atoms with E-state index in [1.807, 2.05) is 37.3 Å². The molecule has 2 aromatic rings. The minimum Gasteiger partial charge on any atom is -0.494 e. The van der Waals surface area contributed by atoms with Gasteiger partial charge in [0.15, 0.2) is 0 Å². The SMILES string of the molecule is CCOc1ccc(Cc2cc([C@@H]3O[C@H](CO)[C@@H](O)[C@H](O)[C@H]3O)ccc2Cl)cc1.O=C(O)[C@@H]1CCCN1.O=C(O)[C@@H]1CCCN1. The molecule has 0 saturated carbocycles. The van der Waals surface area contributed by atoms with E-state index in [4.69, 9.17) is 31.3 Å². The van der Waals surface area contributed by atoms with E-state index in [0.29, 0.717) is 23.6 Å². The molecule has 3 aliphatic heterocycles. The van der Waals surface area contributed by atoms with Gasteiger partial charge in [-0.1, -0.05) is 35.9 Å². The highest BCUT2D eigenvalue weighted by Gasteiger charge is 2.44. The Hall–Kier alpha value is -2.81. The molecule has 0 unspecified atom stereocenters. The summed E-state index contributed by atoms with van der Waals surface area (Å²) in [5, 5.41) is 62.7. The van der Waals surface area contributed by atoms with Gasteiger partial charge in [0.1, 0.15) is 48.4 Å². The number of aliphatic carboxylic acids is 2. The highest BCUT2D eigenvalue weighted by Crippen LogP contribution is 2.34. The van der Waals surface area contributed by atoms with E-state index in [0.717, 1.165) is 55.6 Å². The Balaban J connectivity index is 0.000000267. The first-order valence-electron chi connectivity index (χ1n) is 14.8. The molecule has 0 aliphatic carbocycles. The van der Waals surface area contributed by atoms with E-state index in [1.165, 1.54) is 0 Å². The number of ether oxygens (including phenoxy) is 2. The molecule has 7 atom stereocenters. The second-order valence-electron chi connectivity index (χ2n) is 10.8. The number of aliphatic hydroxyl groups is 4. The van der Waals surface area contributed by atoms with Crippen LogP contribution in [0.15, 0.2) is 42.5 Å². The monoisotopic (exact) mass is 638 g/mol. The van der Waals surface area contributed by atoms with E-state index in [1.54, 1.807) is 12.1 Å². The first-order valence-corrected chi connectivity index (χ1v) is 15.2. The minimum atomic E-state index is -1.42. The molecule has 244 valence electrons. The van der Waals surface area contributed by atoms with Crippen LogP contribution in [0.4, 0.5) is 0 Å². The third-order valence-corrected chi connectivity index (χ3v) is 8.01. The van der Waals surface area contributed by atoms with Gasteiger partial charge < -0.3 is 50.7 Å². The molecule has 44 heavy (non-hydrogen) atoms. The zero-order valence-corrected chi connectivity index (χ0v) is 25.4. The highest BCUT2D eigenvalue weighted by molar-refractivity contribution is 6.31. The topological polar surface area (TPSA) is 198 Å². The molecule has 12 nitrogen and oxygen atoms in total. The van der Waals surface area contributed by atoms with Crippen molar-refractivity contribution in [2.45, 2.75) is 81.6 Å². The smallest absolute Gasteiger partial charge is 0.320 e. The van der Waals surface area contributed by atoms with Gasteiger partial charge in [0.05, 0.1) is 13.2 Å². The lowest BCUT2D eigenvalue weighted by Gasteiger charge is -2.40. The van der Waals surface area contributed by atoms with Crippen molar-refractivity contribution in [3.05, 3.63) is 64.2 Å². The van der Waals surface area contributed by atoms with Crippen LogP contribution in [0.5, 0.6) is 5.75 Å². The molecule has 2 aromatic carbocycles. The zero-order chi connectivity index (χ0) is 32.2. The van der Waals surface area contributed by atoms with Crippen LogP contribution in [0.1, 0.15) is 55.4 Å². The summed E-state index contributed by atoms with van der Waals surface area (Å²) >= 11 is 6.35. The molecule has 0 spiro atoms. The molecule has 3 fully saturated rings. The Morgan fingerprint density at radius 2 is 1.50 bits per heavy atom. The summed E-state index contributed by atoms with van der Waals surface area (Å²) in [7, 11) is 0. The maximum atomic E-state index is 10.3. The Morgan fingerprint density at radius 1 is 0.909 bits per heavy atom.